The molecule has 0 bridgehead atoms. The van der Waals surface area contributed by atoms with E-state index in [1.165, 1.54) is 6.92 Å². The Morgan fingerprint density at radius 2 is 1.76 bits per heavy atom. The number of halogens is 1. The molecule has 0 aromatic heterocycles. The number of hydrogen-bond donors (Lipinski definition) is 1. The lowest BCUT2D eigenvalue weighted by Crippen LogP contribution is -2.25. The predicted octanol–water partition coefficient (Wildman–Crippen LogP) is 3.87. The number of carbonyl (C=O) groups excluding carboxylic acids is 3. The molecular weight excluding hydrogens is 342 g/mol. The van der Waals surface area contributed by atoms with Crippen molar-refractivity contribution in [3.63, 3.8) is 0 Å². The van der Waals surface area contributed by atoms with Gasteiger partial charge in [-0.15, -0.1) is 0 Å². The number of ether oxygens (including phenoxy) is 1. The lowest BCUT2D eigenvalue weighted by atomic mass is 10.1. The molecule has 130 valence electrons. The van der Waals surface area contributed by atoms with Gasteiger partial charge in [0.05, 0.1) is 6.42 Å². The van der Waals surface area contributed by atoms with E-state index in [2.05, 4.69) is 5.32 Å². The van der Waals surface area contributed by atoms with Crippen molar-refractivity contribution in [2.75, 3.05) is 5.32 Å². The minimum atomic E-state index is -0.897. The normalized spacial score (nSPS) is 11.4. The molecule has 0 fully saturated rings. The molecule has 2 rings (SSSR count). The van der Waals surface area contributed by atoms with Crippen LogP contribution in [0.3, 0.4) is 0 Å². The average Bonchev–Trinajstić information content (AvgIpc) is 2.60. The maximum absolute atomic E-state index is 12.1. The summed E-state index contributed by atoms with van der Waals surface area (Å²) >= 11 is 5.84. The second kappa shape index (κ2) is 8.99. The van der Waals surface area contributed by atoms with Crippen LogP contribution in [0.1, 0.15) is 30.1 Å². The van der Waals surface area contributed by atoms with E-state index in [1.54, 1.807) is 54.6 Å². The number of carbonyl (C=O) groups is 3. The number of amides is 1. The highest BCUT2D eigenvalue weighted by atomic mass is 35.5. The summed E-state index contributed by atoms with van der Waals surface area (Å²) in [6.45, 7) is 1.51. The molecule has 0 spiro atoms. The van der Waals surface area contributed by atoms with E-state index in [0.717, 1.165) is 0 Å². The Morgan fingerprint density at radius 1 is 1.04 bits per heavy atom. The smallest absolute Gasteiger partial charge is 0.307 e. The van der Waals surface area contributed by atoms with Crippen LogP contribution in [-0.2, 0) is 14.3 Å². The minimum Gasteiger partial charge on any atom is -0.454 e. The van der Waals surface area contributed by atoms with Crippen molar-refractivity contribution in [2.45, 2.75) is 25.9 Å². The van der Waals surface area contributed by atoms with E-state index < -0.39 is 12.1 Å². The topological polar surface area (TPSA) is 72.5 Å². The Balaban J connectivity index is 1.78. The fraction of sp³-hybridized carbons (Fsp3) is 0.211. The van der Waals surface area contributed by atoms with E-state index in [-0.39, 0.29) is 24.5 Å². The zero-order valence-corrected chi connectivity index (χ0v) is 14.5. The molecule has 2 aromatic rings. The maximum Gasteiger partial charge on any atom is 0.307 e. The average molecular weight is 360 g/mol. The van der Waals surface area contributed by atoms with Gasteiger partial charge in [-0.2, -0.15) is 0 Å². The van der Waals surface area contributed by atoms with Crippen LogP contribution < -0.4 is 5.32 Å². The SMILES string of the molecule is CC(OC(=O)CCC(=O)Nc1cccc(Cl)c1)C(=O)c1ccccc1. The summed E-state index contributed by atoms with van der Waals surface area (Å²) in [6, 6.07) is 15.3. The van der Waals surface area contributed by atoms with E-state index in [1.807, 2.05) is 0 Å². The Hall–Kier alpha value is -2.66. The van der Waals surface area contributed by atoms with Gasteiger partial charge in [0.1, 0.15) is 0 Å². The Kier molecular flexibility index (Phi) is 6.71. The van der Waals surface area contributed by atoms with Gasteiger partial charge < -0.3 is 10.1 Å². The Morgan fingerprint density at radius 3 is 2.44 bits per heavy atom. The molecule has 2 aromatic carbocycles. The third kappa shape index (κ3) is 6.04. The first-order valence-electron chi connectivity index (χ1n) is 7.80. The molecule has 1 unspecified atom stereocenters. The lowest BCUT2D eigenvalue weighted by molar-refractivity contribution is -0.147. The molecule has 5 nitrogen and oxygen atoms in total. The van der Waals surface area contributed by atoms with Crippen molar-refractivity contribution >= 4 is 34.9 Å². The number of benzene rings is 2. The first-order valence-corrected chi connectivity index (χ1v) is 8.17. The number of esters is 1. The van der Waals surface area contributed by atoms with Crippen molar-refractivity contribution in [1.82, 2.24) is 0 Å². The standard InChI is InChI=1S/C19H18ClNO4/c1-13(19(24)14-6-3-2-4-7-14)25-18(23)11-10-17(22)21-16-9-5-8-15(20)12-16/h2-9,12-13H,10-11H2,1H3,(H,21,22). The molecule has 6 heteroatoms. The molecule has 0 aliphatic rings. The highest BCUT2D eigenvalue weighted by molar-refractivity contribution is 6.30. The summed E-state index contributed by atoms with van der Waals surface area (Å²) in [6.07, 6.45) is -1.05. The molecule has 1 N–H and O–H groups in total. The first-order chi connectivity index (χ1) is 12.0. The quantitative estimate of drug-likeness (QED) is 0.601. The van der Waals surface area contributed by atoms with Crippen molar-refractivity contribution in [3.05, 3.63) is 65.2 Å². The van der Waals surface area contributed by atoms with Gasteiger partial charge in [0.25, 0.3) is 0 Å². The minimum absolute atomic E-state index is 0.0441. The highest BCUT2D eigenvalue weighted by Gasteiger charge is 2.19. The van der Waals surface area contributed by atoms with Crippen LogP contribution in [0.5, 0.6) is 0 Å². The Labute approximate surface area is 150 Å². The van der Waals surface area contributed by atoms with Gasteiger partial charge in [0.2, 0.25) is 11.7 Å². The third-order valence-corrected chi connectivity index (χ3v) is 3.64. The van der Waals surface area contributed by atoms with Crippen molar-refractivity contribution in [2.24, 2.45) is 0 Å². The fourth-order valence-corrected chi connectivity index (χ4v) is 2.34. The highest BCUT2D eigenvalue weighted by Crippen LogP contribution is 2.15. The number of nitrogens with one attached hydrogen (secondary N) is 1. The summed E-state index contributed by atoms with van der Waals surface area (Å²) in [7, 11) is 0. The molecule has 0 radical (unpaired) electrons. The molecule has 0 heterocycles. The largest absolute Gasteiger partial charge is 0.454 e. The zero-order valence-electron chi connectivity index (χ0n) is 13.7. The van der Waals surface area contributed by atoms with Crippen LogP contribution in [0, 0.1) is 0 Å². The summed E-state index contributed by atoms with van der Waals surface area (Å²) in [5.74, 6) is -1.21. The summed E-state index contributed by atoms with van der Waals surface area (Å²) in [5, 5.41) is 3.15. The predicted molar refractivity (Wildman–Crippen MR) is 95.6 cm³/mol. The lowest BCUT2D eigenvalue weighted by Gasteiger charge is -2.12. The van der Waals surface area contributed by atoms with Crippen LogP contribution in [0.15, 0.2) is 54.6 Å². The second-order valence-electron chi connectivity index (χ2n) is 5.42. The van der Waals surface area contributed by atoms with Gasteiger partial charge in [-0.1, -0.05) is 48.0 Å². The summed E-state index contributed by atoms with van der Waals surface area (Å²) < 4.78 is 5.10. The Bertz CT molecular complexity index is 761. The van der Waals surface area contributed by atoms with Gasteiger partial charge in [-0.25, -0.2) is 0 Å². The first kappa shape index (κ1) is 18.7. The van der Waals surface area contributed by atoms with Crippen LogP contribution in [-0.4, -0.2) is 23.8 Å². The van der Waals surface area contributed by atoms with Gasteiger partial charge in [-0.3, -0.25) is 14.4 Å². The van der Waals surface area contributed by atoms with Crippen LogP contribution in [0.4, 0.5) is 5.69 Å². The number of anilines is 1. The van der Waals surface area contributed by atoms with Crippen LogP contribution >= 0.6 is 11.6 Å². The number of hydrogen-bond acceptors (Lipinski definition) is 4. The van der Waals surface area contributed by atoms with E-state index in [4.69, 9.17) is 16.3 Å². The summed E-state index contributed by atoms with van der Waals surface area (Å²) in [5.41, 5.74) is 1.03. The molecule has 1 amide bonds. The van der Waals surface area contributed by atoms with E-state index in [0.29, 0.717) is 16.3 Å². The van der Waals surface area contributed by atoms with Crippen molar-refractivity contribution < 1.29 is 19.1 Å². The molecule has 0 aliphatic heterocycles. The molecule has 0 aliphatic carbocycles. The van der Waals surface area contributed by atoms with Gasteiger partial charge in [-0.05, 0) is 25.1 Å². The molecule has 25 heavy (non-hydrogen) atoms. The van der Waals surface area contributed by atoms with E-state index in [9.17, 15) is 14.4 Å². The number of rotatable bonds is 7. The van der Waals surface area contributed by atoms with Gasteiger partial charge in [0.15, 0.2) is 6.10 Å². The molecule has 0 saturated heterocycles. The molecule has 1 atom stereocenters. The fourth-order valence-electron chi connectivity index (χ4n) is 2.15. The van der Waals surface area contributed by atoms with Crippen LogP contribution in [0.25, 0.3) is 0 Å². The number of Topliss-reactive ketones (excluding diaryl/α,β-unsaturated/α-hetero) is 1. The number of ketones is 1. The van der Waals surface area contributed by atoms with Crippen LogP contribution in [0.2, 0.25) is 5.02 Å². The second-order valence-corrected chi connectivity index (χ2v) is 5.86. The van der Waals surface area contributed by atoms with Crippen molar-refractivity contribution in [3.8, 4) is 0 Å². The van der Waals surface area contributed by atoms with E-state index >= 15 is 0 Å². The molecule has 0 saturated carbocycles. The monoisotopic (exact) mass is 359 g/mol. The molecular formula is C19H18ClNO4. The van der Waals surface area contributed by atoms with Gasteiger partial charge in [0, 0.05) is 22.7 Å². The van der Waals surface area contributed by atoms with Crippen molar-refractivity contribution in [1.29, 1.82) is 0 Å². The zero-order chi connectivity index (χ0) is 18.2. The maximum atomic E-state index is 12.1. The third-order valence-electron chi connectivity index (χ3n) is 3.40. The van der Waals surface area contributed by atoms with Gasteiger partial charge >= 0.3 is 5.97 Å². The summed E-state index contributed by atoms with van der Waals surface area (Å²) in [4.78, 5) is 35.8.